The lowest BCUT2D eigenvalue weighted by Crippen LogP contribution is -2.50. The zero-order chi connectivity index (χ0) is 19.5. The zero-order valence-electron chi connectivity index (χ0n) is 15.8. The number of hydrogen-bond acceptors (Lipinski definition) is 4. The maximum absolute atomic E-state index is 15.1. The van der Waals surface area contributed by atoms with E-state index in [9.17, 15) is 14.7 Å². The number of aryl methyl sites for hydroxylation is 1. The first-order valence-electron chi connectivity index (χ1n) is 9.36. The predicted octanol–water partition coefficient (Wildman–Crippen LogP) is 2.62. The molecule has 2 aromatic rings. The highest BCUT2D eigenvalue weighted by molar-refractivity contribution is 5.95. The number of rotatable bonds is 3. The van der Waals surface area contributed by atoms with Crippen molar-refractivity contribution < 1.29 is 14.3 Å². The Kier molecular flexibility index (Phi) is 4.22. The number of piperazine rings is 1. The first kappa shape index (κ1) is 18.0. The maximum Gasteiger partial charge on any atom is 0.341 e. The van der Waals surface area contributed by atoms with Gasteiger partial charge in [0.15, 0.2) is 0 Å². The van der Waals surface area contributed by atoms with Crippen LogP contribution in [0.2, 0.25) is 0 Å². The largest absolute Gasteiger partial charge is 0.477 e. The van der Waals surface area contributed by atoms with Crippen LogP contribution in [0.3, 0.4) is 0 Å². The Balaban J connectivity index is 1.96. The molecule has 1 saturated heterocycles. The SMILES string of the molecule is Cc1c(N2CCN(C)C(C)C2)c(F)cc2c(=O)c(C(=O)O)cn(C3CC3)c12. The zero-order valence-corrected chi connectivity index (χ0v) is 15.8. The van der Waals surface area contributed by atoms with Crippen LogP contribution in [0.15, 0.2) is 17.1 Å². The van der Waals surface area contributed by atoms with Crippen LogP contribution in [-0.2, 0) is 0 Å². The van der Waals surface area contributed by atoms with Crippen molar-refractivity contribution in [2.75, 3.05) is 31.6 Å². The van der Waals surface area contributed by atoms with E-state index >= 15 is 4.39 Å². The van der Waals surface area contributed by atoms with E-state index in [2.05, 4.69) is 18.9 Å². The Morgan fingerprint density at radius 2 is 2.00 bits per heavy atom. The van der Waals surface area contributed by atoms with Gasteiger partial charge in [-0.3, -0.25) is 4.79 Å². The summed E-state index contributed by atoms with van der Waals surface area (Å²) >= 11 is 0. The summed E-state index contributed by atoms with van der Waals surface area (Å²) in [6, 6.07) is 1.71. The van der Waals surface area contributed by atoms with Gasteiger partial charge in [-0.25, -0.2) is 9.18 Å². The van der Waals surface area contributed by atoms with Crippen LogP contribution < -0.4 is 10.3 Å². The molecule has 6 nitrogen and oxygen atoms in total. The Labute approximate surface area is 156 Å². The van der Waals surface area contributed by atoms with Gasteiger partial charge in [0.25, 0.3) is 0 Å². The first-order chi connectivity index (χ1) is 12.8. The van der Waals surface area contributed by atoms with E-state index in [0.29, 0.717) is 35.9 Å². The van der Waals surface area contributed by atoms with Gasteiger partial charge in [0.05, 0.1) is 11.2 Å². The summed E-state index contributed by atoms with van der Waals surface area (Å²) < 4.78 is 17.0. The van der Waals surface area contributed by atoms with Crippen LogP contribution in [0.1, 0.15) is 41.7 Å². The molecule has 0 bridgehead atoms. The minimum atomic E-state index is -1.27. The molecule has 1 N–H and O–H groups in total. The molecule has 7 heteroatoms. The van der Waals surface area contributed by atoms with E-state index in [4.69, 9.17) is 0 Å². The summed E-state index contributed by atoms with van der Waals surface area (Å²) in [6.07, 6.45) is 3.31. The summed E-state index contributed by atoms with van der Waals surface area (Å²) in [5.41, 5.74) is 0.987. The maximum atomic E-state index is 15.1. The number of benzene rings is 1. The van der Waals surface area contributed by atoms with E-state index < -0.39 is 17.2 Å². The quantitative estimate of drug-likeness (QED) is 0.896. The third kappa shape index (κ3) is 2.90. The van der Waals surface area contributed by atoms with Gasteiger partial charge in [-0.2, -0.15) is 0 Å². The Bertz CT molecular complexity index is 996. The van der Waals surface area contributed by atoms with Gasteiger partial charge >= 0.3 is 5.97 Å². The minimum absolute atomic E-state index is 0.155. The molecule has 0 amide bonds. The molecule has 1 aliphatic heterocycles. The fraction of sp³-hybridized carbons (Fsp3) is 0.500. The number of anilines is 1. The molecule has 1 aliphatic carbocycles. The summed E-state index contributed by atoms with van der Waals surface area (Å²) in [6.45, 7) is 6.21. The van der Waals surface area contributed by atoms with Crippen molar-refractivity contribution in [1.29, 1.82) is 0 Å². The van der Waals surface area contributed by atoms with Crippen LogP contribution in [-0.4, -0.2) is 53.3 Å². The van der Waals surface area contributed by atoms with Crippen molar-refractivity contribution in [1.82, 2.24) is 9.47 Å². The molecule has 1 aromatic carbocycles. The van der Waals surface area contributed by atoms with Gasteiger partial charge < -0.3 is 19.5 Å². The number of halogens is 1. The fourth-order valence-electron chi connectivity index (χ4n) is 4.10. The normalized spacial score (nSPS) is 21.0. The molecule has 27 heavy (non-hydrogen) atoms. The molecular formula is C20H24FN3O3. The highest BCUT2D eigenvalue weighted by Gasteiger charge is 2.30. The molecule has 1 atom stereocenters. The molecule has 1 aromatic heterocycles. The molecule has 144 valence electrons. The van der Waals surface area contributed by atoms with Crippen molar-refractivity contribution in [2.24, 2.45) is 0 Å². The standard InChI is InChI=1S/C20H24FN3O3/c1-11-9-23(7-6-22(11)3)18-12(2)17-14(8-16(18)21)19(25)15(20(26)27)10-24(17)13-4-5-13/h8,10-11,13H,4-7,9H2,1-3H3,(H,26,27). The van der Waals surface area contributed by atoms with Crippen LogP contribution in [0.5, 0.6) is 0 Å². The average molecular weight is 373 g/mol. The molecule has 1 unspecified atom stereocenters. The number of pyridine rings is 1. The number of hydrogen-bond donors (Lipinski definition) is 1. The van der Waals surface area contributed by atoms with Gasteiger partial charge in [-0.1, -0.05) is 0 Å². The predicted molar refractivity (Wildman–Crippen MR) is 102 cm³/mol. The number of fused-ring (bicyclic) bond motifs is 1. The first-order valence-corrected chi connectivity index (χ1v) is 9.36. The third-order valence-electron chi connectivity index (χ3n) is 5.93. The highest BCUT2D eigenvalue weighted by Crippen LogP contribution is 2.40. The van der Waals surface area contributed by atoms with Gasteiger partial charge in [-0.05, 0) is 45.4 Å². The van der Waals surface area contributed by atoms with Crippen molar-refractivity contribution in [3.05, 3.63) is 39.4 Å². The smallest absolute Gasteiger partial charge is 0.341 e. The Morgan fingerprint density at radius 1 is 1.30 bits per heavy atom. The van der Waals surface area contributed by atoms with E-state index in [0.717, 1.165) is 19.4 Å². The van der Waals surface area contributed by atoms with Gasteiger partial charge in [0.1, 0.15) is 11.4 Å². The van der Waals surface area contributed by atoms with E-state index in [-0.39, 0.29) is 17.0 Å². The lowest BCUT2D eigenvalue weighted by Gasteiger charge is -2.40. The second kappa shape index (κ2) is 6.34. The Morgan fingerprint density at radius 3 is 2.59 bits per heavy atom. The summed E-state index contributed by atoms with van der Waals surface area (Å²) in [5.74, 6) is -1.73. The van der Waals surface area contributed by atoms with E-state index in [1.54, 1.807) is 0 Å². The van der Waals surface area contributed by atoms with Gasteiger partial charge in [0, 0.05) is 43.3 Å². The molecule has 2 fully saturated rings. The van der Waals surface area contributed by atoms with Crippen molar-refractivity contribution in [3.8, 4) is 0 Å². The molecular weight excluding hydrogens is 349 g/mol. The van der Waals surface area contributed by atoms with Crippen LogP contribution >= 0.6 is 0 Å². The van der Waals surface area contributed by atoms with E-state index in [1.807, 2.05) is 16.4 Å². The number of carbonyl (C=O) groups is 1. The molecule has 0 spiro atoms. The Hall–Kier alpha value is -2.41. The lowest BCUT2D eigenvalue weighted by atomic mass is 10.0. The third-order valence-corrected chi connectivity index (χ3v) is 5.93. The summed E-state index contributed by atoms with van der Waals surface area (Å²) in [7, 11) is 2.06. The van der Waals surface area contributed by atoms with E-state index in [1.165, 1.54) is 12.3 Å². The number of aromatic carboxylic acids is 1. The van der Waals surface area contributed by atoms with Gasteiger partial charge in [-0.15, -0.1) is 0 Å². The number of nitrogens with zero attached hydrogens (tertiary/aromatic N) is 3. The van der Waals surface area contributed by atoms with Crippen molar-refractivity contribution in [2.45, 2.75) is 38.8 Å². The second-order valence-corrected chi connectivity index (χ2v) is 7.82. The number of carboxylic acid groups (broad SMARTS) is 1. The number of carboxylic acids is 1. The second-order valence-electron chi connectivity index (χ2n) is 7.82. The minimum Gasteiger partial charge on any atom is -0.477 e. The topological polar surface area (TPSA) is 65.8 Å². The molecule has 2 heterocycles. The molecule has 2 aliphatic rings. The summed E-state index contributed by atoms with van der Waals surface area (Å²) in [4.78, 5) is 28.4. The number of aromatic nitrogens is 1. The fourth-order valence-corrected chi connectivity index (χ4v) is 4.10. The van der Waals surface area contributed by atoms with Crippen molar-refractivity contribution in [3.63, 3.8) is 0 Å². The van der Waals surface area contributed by atoms with Crippen LogP contribution in [0, 0.1) is 12.7 Å². The number of likely N-dealkylation sites (N-methyl/N-ethyl adjacent to an activating group) is 1. The monoisotopic (exact) mass is 373 g/mol. The average Bonchev–Trinajstić information content (AvgIpc) is 3.43. The van der Waals surface area contributed by atoms with Gasteiger partial charge in [0.2, 0.25) is 5.43 Å². The van der Waals surface area contributed by atoms with Crippen molar-refractivity contribution >= 4 is 22.6 Å². The van der Waals surface area contributed by atoms with Crippen LogP contribution in [0.25, 0.3) is 10.9 Å². The summed E-state index contributed by atoms with van der Waals surface area (Å²) in [5, 5.41) is 9.54. The molecule has 0 radical (unpaired) electrons. The lowest BCUT2D eigenvalue weighted by molar-refractivity contribution is 0.0695. The highest BCUT2D eigenvalue weighted by atomic mass is 19.1. The molecule has 4 rings (SSSR count). The van der Waals surface area contributed by atoms with Crippen LogP contribution in [0.4, 0.5) is 10.1 Å². The molecule has 1 saturated carbocycles.